The van der Waals surface area contributed by atoms with Gasteiger partial charge in [0.1, 0.15) is 12.1 Å². The van der Waals surface area contributed by atoms with Crippen LogP contribution in [0.4, 0.5) is 0 Å². The molecule has 1 fully saturated rings. The number of ketones is 1. The molecule has 0 spiro atoms. The van der Waals surface area contributed by atoms with Crippen LogP contribution in [-0.2, 0) is 25.6 Å². The number of rotatable bonds is 15. The van der Waals surface area contributed by atoms with E-state index < -0.39 is 35.9 Å². The molecule has 3 rings (SSSR count). The van der Waals surface area contributed by atoms with Crippen LogP contribution in [0.2, 0.25) is 0 Å². The van der Waals surface area contributed by atoms with Crippen LogP contribution in [0.25, 0.3) is 0 Å². The van der Waals surface area contributed by atoms with Gasteiger partial charge in [-0.1, -0.05) is 58.0 Å². The van der Waals surface area contributed by atoms with Gasteiger partial charge in [-0.05, 0) is 43.1 Å². The van der Waals surface area contributed by atoms with Crippen LogP contribution >= 0.6 is 11.3 Å². The minimum absolute atomic E-state index is 0.0535. The molecule has 10 nitrogen and oxygen atoms in total. The van der Waals surface area contributed by atoms with Crippen molar-refractivity contribution in [3.8, 4) is 0 Å². The first kappa shape index (κ1) is 31.9. The summed E-state index contributed by atoms with van der Waals surface area (Å²) >= 11 is 1.17. The summed E-state index contributed by atoms with van der Waals surface area (Å²) in [7, 11) is 0. The first-order chi connectivity index (χ1) is 19.5. The molecule has 1 aromatic carbocycles. The lowest BCUT2D eigenvalue weighted by atomic mass is 9.94. The molecule has 1 aromatic heterocycles. The van der Waals surface area contributed by atoms with Gasteiger partial charge in [-0.25, -0.2) is 4.98 Å². The molecule has 222 valence electrons. The zero-order valence-electron chi connectivity index (χ0n) is 24.1. The summed E-state index contributed by atoms with van der Waals surface area (Å²) in [4.78, 5) is 69.2. The van der Waals surface area contributed by atoms with E-state index in [1.165, 1.54) is 17.5 Å². The van der Waals surface area contributed by atoms with Crippen LogP contribution in [0.15, 0.2) is 41.9 Å². The van der Waals surface area contributed by atoms with Gasteiger partial charge >= 0.3 is 0 Å². The Morgan fingerprint density at radius 3 is 2.29 bits per heavy atom. The summed E-state index contributed by atoms with van der Waals surface area (Å²) in [5.41, 5.74) is 1.03. The monoisotopic (exact) mass is 583 g/mol. The third-order valence-electron chi connectivity index (χ3n) is 7.05. The van der Waals surface area contributed by atoms with E-state index in [1.54, 1.807) is 5.38 Å². The maximum Gasteiger partial charge on any atom is 0.243 e. The fourth-order valence-corrected chi connectivity index (χ4v) is 5.43. The summed E-state index contributed by atoms with van der Waals surface area (Å²) < 4.78 is 0. The zero-order valence-corrected chi connectivity index (χ0v) is 25.0. The van der Waals surface area contributed by atoms with Gasteiger partial charge in [-0.2, -0.15) is 0 Å². The van der Waals surface area contributed by atoms with E-state index in [0.29, 0.717) is 25.8 Å². The maximum atomic E-state index is 13.5. The normalized spacial score (nSPS) is 17.0. The number of aryl methyl sites for hydroxylation is 1. The number of aromatic nitrogens is 1. The molecule has 4 N–H and O–H groups in total. The maximum absolute atomic E-state index is 13.5. The van der Waals surface area contributed by atoms with Gasteiger partial charge in [0, 0.05) is 30.5 Å². The first-order valence-corrected chi connectivity index (χ1v) is 15.1. The molecule has 0 bridgehead atoms. The van der Waals surface area contributed by atoms with Crippen LogP contribution in [0.5, 0.6) is 0 Å². The van der Waals surface area contributed by atoms with Gasteiger partial charge in [0.25, 0.3) is 0 Å². The lowest BCUT2D eigenvalue weighted by Crippen LogP contribution is -2.57. The van der Waals surface area contributed by atoms with E-state index in [9.17, 15) is 24.0 Å². The number of carbonyl (C=O) groups is 5. The molecule has 0 saturated carbocycles. The largest absolute Gasteiger partial charge is 0.356 e. The van der Waals surface area contributed by atoms with Crippen LogP contribution in [0, 0.1) is 17.8 Å². The quantitative estimate of drug-likeness (QED) is 0.237. The van der Waals surface area contributed by atoms with Gasteiger partial charge in [-0.15, -0.1) is 11.3 Å². The molecule has 0 aliphatic carbocycles. The van der Waals surface area contributed by atoms with E-state index in [0.717, 1.165) is 5.56 Å². The molecule has 2 heterocycles. The highest BCUT2D eigenvalue weighted by atomic mass is 32.1. The highest BCUT2D eigenvalue weighted by Crippen LogP contribution is 2.20. The van der Waals surface area contributed by atoms with Crippen molar-refractivity contribution in [3.63, 3.8) is 0 Å². The molecule has 11 heteroatoms. The molecule has 4 amide bonds. The van der Waals surface area contributed by atoms with Crippen molar-refractivity contribution >= 4 is 40.7 Å². The summed E-state index contributed by atoms with van der Waals surface area (Å²) in [5.74, 6) is -2.32. The van der Waals surface area contributed by atoms with E-state index >= 15 is 0 Å². The molecule has 41 heavy (non-hydrogen) atoms. The summed E-state index contributed by atoms with van der Waals surface area (Å²) in [6, 6.07) is 6.89. The minimum Gasteiger partial charge on any atom is -0.356 e. The number of nitrogens with one attached hydrogen (secondary N) is 4. The van der Waals surface area contributed by atoms with Crippen LogP contribution in [0.1, 0.15) is 68.7 Å². The van der Waals surface area contributed by atoms with Crippen LogP contribution in [-0.4, -0.2) is 59.1 Å². The topological polar surface area (TPSA) is 146 Å². The summed E-state index contributed by atoms with van der Waals surface area (Å²) in [5, 5.41) is 13.1. The highest BCUT2D eigenvalue weighted by molar-refractivity contribution is 7.11. The standard InChI is InChI=1S/C30H41N5O5S/c1-18(2)16-23(34-29(40)25(19(3)4)35-24(36)11-10-20-8-6-5-7-9-20)28(39)33-22(17-21-12-13-31-27(21)38)26(37)30-32-14-15-41-30/h5-9,14-15,18-19,21-23,25H,10-13,16-17H2,1-4H3,(H,31,38)(H,33,39)(H,34,40)(H,35,36)/t21-,22-,23-,25-/m1/s1. The average Bonchev–Trinajstić information content (AvgIpc) is 3.61. The fourth-order valence-electron chi connectivity index (χ4n) is 4.80. The van der Waals surface area contributed by atoms with Gasteiger partial charge in [0.15, 0.2) is 5.01 Å². The van der Waals surface area contributed by atoms with E-state index in [4.69, 9.17) is 0 Å². The van der Waals surface area contributed by atoms with E-state index in [1.807, 2.05) is 58.0 Å². The average molecular weight is 584 g/mol. The van der Waals surface area contributed by atoms with Crippen LogP contribution in [0.3, 0.4) is 0 Å². The molecule has 1 aliphatic rings. The van der Waals surface area contributed by atoms with Crippen molar-refractivity contribution in [2.45, 2.75) is 77.9 Å². The van der Waals surface area contributed by atoms with Crippen LogP contribution < -0.4 is 21.3 Å². The molecular formula is C30H41N5O5S. The van der Waals surface area contributed by atoms with E-state index in [2.05, 4.69) is 26.3 Å². The molecule has 1 saturated heterocycles. The van der Waals surface area contributed by atoms with Gasteiger partial charge in [0.2, 0.25) is 29.4 Å². The number of Topliss-reactive ketones (excluding diaryl/α,β-unsaturated/α-hetero) is 1. The highest BCUT2D eigenvalue weighted by Gasteiger charge is 2.35. The van der Waals surface area contributed by atoms with Crippen molar-refractivity contribution in [1.29, 1.82) is 0 Å². The number of hydrogen-bond acceptors (Lipinski definition) is 7. The predicted molar refractivity (Wildman–Crippen MR) is 157 cm³/mol. The Bertz CT molecular complexity index is 1190. The summed E-state index contributed by atoms with van der Waals surface area (Å²) in [6.45, 7) is 8.04. The fraction of sp³-hybridized carbons (Fsp3) is 0.533. The Morgan fingerprint density at radius 2 is 1.71 bits per heavy atom. The zero-order chi connectivity index (χ0) is 29.9. The number of hydrogen-bond donors (Lipinski definition) is 4. The lowest BCUT2D eigenvalue weighted by molar-refractivity contribution is -0.133. The van der Waals surface area contributed by atoms with Crippen molar-refractivity contribution in [2.24, 2.45) is 17.8 Å². The Hall–Kier alpha value is -3.60. The Balaban J connectivity index is 1.69. The molecule has 1 aliphatic heterocycles. The van der Waals surface area contributed by atoms with Gasteiger partial charge < -0.3 is 21.3 Å². The van der Waals surface area contributed by atoms with Crippen molar-refractivity contribution in [2.75, 3.05) is 6.54 Å². The number of benzene rings is 1. The first-order valence-electron chi connectivity index (χ1n) is 14.2. The summed E-state index contributed by atoms with van der Waals surface area (Å²) in [6.07, 6.45) is 3.33. The molecule has 4 atom stereocenters. The SMILES string of the molecule is CC(C)C[C@@H](NC(=O)[C@H](NC(=O)CCc1ccccc1)C(C)C)C(=O)N[C@H](C[C@H]1CCNC1=O)C(=O)c1nccs1. The van der Waals surface area contributed by atoms with Crippen molar-refractivity contribution in [3.05, 3.63) is 52.5 Å². The molecule has 0 radical (unpaired) electrons. The van der Waals surface area contributed by atoms with Crippen molar-refractivity contribution in [1.82, 2.24) is 26.3 Å². The molecule has 2 aromatic rings. The number of nitrogens with zero attached hydrogens (tertiary/aromatic N) is 1. The predicted octanol–water partition coefficient (Wildman–Crippen LogP) is 2.64. The Morgan fingerprint density at radius 1 is 1.00 bits per heavy atom. The second kappa shape index (κ2) is 15.4. The Kier molecular flexibility index (Phi) is 12.0. The number of carbonyl (C=O) groups excluding carboxylic acids is 5. The third-order valence-corrected chi connectivity index (χ3v) is 7.84. The Labute approximate surface area is 245 Å². The molecular weight excluding hydrogens is 542 g/mol. The van der Waals surface area contributed by atoms with Gasteiger partial charge in [-0.3, -0.25) is 24.0 Å². The number of amides is 4. The smallest absolute Gasteiger partial charge is 0.243 e. The third kappa shape index (κ3) is 9.77. The van der Waals surface area contributed by atoms with E-state index in [-0.39, 0.29) is 47.3 Å². The second-order valence-corrected chi connectivity index (χ2v) is 12.1. The second-order valence-electron chi connectivity index (χ2n) is 11.2. The molecule has 0 unspecified atom stereocenters. The number of thiazole rings is 1. The minimum atomic E-state index is -0.965. The van der Waals surface area contributed by atoms with Gasteiger partial charge in [0.05, 0.1) is 6.04 Å². The van der Waals surface area contributed by atoms with Crippen molar-refractivity contribution < 1.29 is 24.0 Å². The lowest BCUT2D eigenvalue weighted by Gasteiger charge is -2.27.